The number of ether oxygens (including phenoxy) is 1. The van der Waals surface area contributed by atoms with E-state index in [0.717, 1.165) is 12.1 Å². The molecule has 2 nitrogen and oxygen atoms in total. The summed E-state index contributed by atoms with van der Waals surface area (Å²) in [6, 6.07) is 8.05. The molecule has 2 N–H and O–H groups in total. The maximum Gasteiger partial charge on any atom is 0.166 e. The van der Waals surface area contributed by atoms with Crippen LogP contribution in [0.15, 0.2) is 40.9 Å². The highest BCUT2D eigenvalue weighted by Crippen LogP contribution is 2.28. The Balaban J connectivity index is 2.31. The predicted molar refractivity (Wildman–Crippen MR) is 65.0 cm³/mol. The maximum atomic E-state index is 13.5. The number of anilines is 1. The second-order valence-electron chi connectivity index (χ2n) is 3.40. The number of nitrogen functional groups attached to an aromatic ring is 1. The third kappa shape index (κ3) is 2.94. The lowest BCUT2D eigenvalue weighted by molar-refractivity contribution is 0.439. The van der Waals surface area contributed by atoms with E-state index < -0.39 is 11.6 Å². The van der Waals surface area contributed by atoms with Crippen LogP contribution in [0.3, 0.4) is 0 Å². The number of hydrogen-bond acceptors (Lipinski definition) is 2. The number of halogens is 3. The minimum atomic E-state index is -0.540. The molecular weight excluding hydrogens is 292 g/mol. The molecule has 0 aliphatic carbocycles. The second kappa shape index (κ2) is 4.71. The van der Waals surface area contributed by atoms with Gasteiger partial charge in [-0.2, -0.15) is 0 Å². The molecule has 0 aromatic heterocycles. The van der Waals surface area contributed by atoms with Crippen molar-refractivity contribution in [1.29, 1.82) is 0 Å². The second-order valence-corrected chi connectivity index (χ2v) is 4.31. The van der Waals surface area contributed by atoms with E-state index in [1.54, 1.807) is 6.07 Å². The normalized spacial score (nSPS) is 10.3. The molecule has 0 fully saturated rings. The first-order valence-corrected chi connectivity index (χ1v) is 5.53. The van der Waals surface area contributed by atoms with Crippen molar-refractivity contribution < 1.29 is 13.5 Å². The van der Waals surface area contributed by atoms with Crippen LogP contribution >= 0.6 is 15.9 Å². The third-order valence-electron chi connectivity index (χ3n) is 2.02. The number of rotatable bonds is 2. The lowest BCUT2D eigenvalue weighted by Crippen LogP contribution is -1.92. The van der Waals surface area contributed by atoms with Gasteiger partial charge in [0, 0.05) is 22.3 Å². The van der Waals surface area contributed by atoms with Crippen molar-refractivity contribution in [1.82, 2.24) is 0 Å². The van der Waals surface area contributed by atoms with Crippen LogP contribution in [0.5, 0.6) is 11.5 Å². The van der Waals surface area contributed by atoms with Crippen LogP contribution in [-0.2, 0) is 0 Å². The summed E-state index contributed by atoms with van der Waals surface area (Å²) in [6.45, 7) is 0. The Morgan fingerprint density at radius 2 is 1.82 bits per heavy atom. The zero-order valence-corrected chi connectivity index (χ0v) is 10.2. The van der Waals surface area contributed by atoms with E-state index in [9.17, 15) is 8.78 Å². The van der Waals surface area contributed by atoms with Gasteiger partial charge in [0.25, 0.3) is 0 Å². The van der Waals surface area contributed by atoms with Crippen LogP contribution in [0.25, 0.3) is 0 Å². The Morgan fingerprint density at radius 1 is 1.06 bits per heavy atom. The molecular formula is C12H8BrF2NO. The van der Waals surface area contributed by atoms with Gasteiger partial charge < -0.3 is 10.5 Å². The quantitative estimate of drug-likeness (QED) is 0.847. The topological polar surface area (TPSA) is 35.2 Å². The van der Waals surface area contributed by atoms with Crippen LogP contribution in [0.4, 0.5) is 14.5 Å². The fraction of sp³-hybridized carbons (Fsp3) is 0. The van der Waals surface area contributed by atoms with E-state index in [0.29, 0.717) is 4.47 Å². The van der Waals surface area contributed by atoms with Crippen molar-refractivity contribution in [2.45, 2.75) is 0 Å². The average molecular weight is 300 g/mol. The number of benzene rings is 2. The standard InChI is InChI=1S/C12H8BrF2NO/c13-7-1-2-12(11(15)3-7)17-10-5-8(14)4-9(16)6-10/h1-6H,16H2. The minimum Gasteiger partial charge on any atom is -0.454 e. The molecule has 0 saturated heterocycles. The Hall–Kier alpha value is -1.62. The van der Waals surface area contributed by atoms with Crippen LogP contribution in [-0.4, -0.2) is 0 Å². The van der Waals surface area contributed by atoms with Gasteiger partial charge in [-0.25, -0.2) is 8.78 Å². The summed E-state index contributed by atoms with van der Waals surface area (Å²) < 4.78 is 32.3. The number of hydrogen-bond donors (Lipinski definition) is 1. The average Bonchev–Trinajstić information content (AvgIpc) is 2.21. The summed E-state index contributed by atoms with van der Waals surface area (Å²) in [5.74, 6) is -0.901. The molecule has 2 aromatic rings. The van der Waals surface area contributed by atoms with Crippen molar-refractivity contribution in [3.05, 3.63) is 52.5 Å². The molecule has 0 radical (unpaired) electrons. The van der Waals surface area contributed by atoms with Crippen molar-refractivity contribution in [3.63, 3.8) is 0 Å². The fourth-order valence-corrected chi connectivity index (χ4v) is 1.66. The first-order chi connectivity index (χ1) is 8.04. The molecule has 88 valence electrons. The van der Waals surface area contributed by atoms with Gasteiger partial charge >= 0.3 is 0 Å². The van der Waals surface area contributed by atoms with Crippen LogP contribution in [0.1, 0.15) is 0 Å². The van der Waals surface area contributed by atoms with E-state index in [1.807, 2.05) is 0 Å². The molecule has 0 spiro atoms. The Labute approximate surface area is 105 Å². The molecule has 0 aliphatic heterocycles. The Bertz CT molecular complexity index is 540. The predicted octanol–water partition coefficient (Wildman–Crippen LogP) is 4.10. The van der Waals surface area contributed by atoms with Gasteiger partial charge in [-0.1, -0.05) is 15.9 Å². The third-order valence-corrected chi connectivity index (χ3v) is 2.51. The molecule has 0 bridgehead atoms. The van der Waals surface area contributed by atoms with Gasteiger partial charge in [-0.05, 0) is 24.3 Å². The first-order valence-electron chi connectivity index (χ1n) is 4.73. The molecule has 0 heterocycles. The summed E-state index contributed by atoms with van der Waals surface area (Å²) in [5, 5.41) is 0. The molecule has 0 atom stereocenters. The van der Waals surface area contributed by atoms with E-state index in [2.05, 4.69) is 15.9 Å². The van der Waals surface area contributed by atoms with Gasteiger partial charge in [0.05, 0.1) is 0 Å². The van der Waals surface area contributed by atoms with E-state index in [1.165, 1.54) is 18.2 Å². The summed E-state index contributed by atoms with van der Waals surface area (Å²) in [5.41, 5.74) is 5.67. The molecule has 0 aliphatic rings. The maximum absolute atomic E-state index is 13.5. The summed E-state index contributed by atoms with van der Waals surface area (Å²) in [7, 11) is 0. The van der Waals surface area contributed by atoms with Crippen LogP contribution in [0, 0.1) is 11.6 Å². The van der Waals surface area contributed by atoms with E-state index >= 15 is 0 Å². The van der Waals surface area contributed by atoms with Crippen LogP contribution < -0.4 is 10.5 Å². The molecule has 0 unspecified atom stereocenters. The largest absolute Gasteiger partial charge is 0.454 e. The van der Waals surface area contributed by atoms with Gasteiger partial charge in [0.1, 0.15) is 11.6 Å². The summed E-state index contributed by atoms with van der Waals surface area (Å²) in [6.07, 6.45) is 0. The lowest BCUT2D eigenvalue weighted by atomic mass is 10.3. The molecule has 2 aromatic carbocycles. The molecule has 17 heavy (non-hydrogen) atoms. The highest BCUT2D eigenvalue weighted by Gasteiger charge is 2.06. The molecule has 2 rings (SSSR count). The van der Waals surface area contributed by atoms with Gasteiger partial charge in [0.2, 0.25) is 0 Å². The monoisotopic (exact) mass is 299 g/mol. The zero-order chi connectivity index (χ0) is 12.4. The van der Waals surface area contributed by atoms with E-state index in [4.69, 9.17) is 10.5 Å². The van der Waals surface area contributed by atoms with Crippen molar-refractivity contribution in [2.24, 2.45) is 0 Å². The molecule has 0 amide bonds. The summed E-state index contributed by atoms with van der Waals surface area (Å²) >= 11 is 3.13. The summed E-state index contributed by atoms with van der Waals surface area (Å²) in [4.78, 5) is 0. The highest BCUT2D eigenvalue weighted by atomic mass is 79.9. The SMILES string of the molecule is Nc1cc(F)cc(Oc2ccc(Br)cc2F)c1. The molecule has 0 saturated carbocycles. The highest BCUT2D eigenvalue weighted by molar-refractivity contribution is 9.10. The lowest BCUT2D eigenvalue weighted by Gasteiger charge is -2.07. The van der Waals surface area contributed by atoms with Crippen molar-refractivity contribution in [3.8, 4) is 11.5 Å². The van der Waals surface area contributed by atoms with Gasteiger partial charge in [0.15, 0.2) is 11.6 Å². The Kier molecular flexibility index (Phi) is 3.28. The zero-order valence-electron chi connectivity index (χ0n) is 8.58. The van der Waals surface area contributed by atoms with Gasteiger partial charge in [-0.15, -0.1) is 0 Å². The minimum absolute atomic E-state index is 0.0122. The Morgan fingerprint density at radius 3 is 2.47 bits per heavy atom. The fourth-order valence-electron chi connectivity index (χ4n) is 1.33. The smallest absolute Gasteiger partial charge is 0.166 e. The first kappa shape index (κ1) is 11.9. The van der Waals surface area contributed by atoms with Gasteiger partial charge in [-0.3, -0.25) is 0 Å². The number of nitrogens with two attached hydrogens (primary N) is 1. The van der Waals surface area contributed by atoms with E-state index in [-0.39, 0.29) is 17.2 Å². The molecule has 5 heteroatoms. The van der Waals surface area contributed by atoms with Crippen LogP contribution in [0.2, 0.25) is 0 Å². The van der Waals surface area contributed by atoms with Crippen molar-refractivity contribution in [2.75, 3.05) is 5.73 Å². The van der Waals surface area contributed by atoms with Crippen molar-refractivity contribution >= 4 is 21.6 Å².